The molecule has 0 heterocycles. The van der Waals surface area contributed by atoms with E-state index in [-0.39, 0.29) is 29.7 Å². The lowest BCUT2D eigenvalue weighted by molar-refractivity contribution is 1.18. The Morgan fingerprint density at radius 1 is 0.474 bits per heavy atom. The van der Waals surface area contributed by atoms with Crippen molar-refractivity contribution in [1.82, 2.24) is 0 Å². The molecule has 0 amide bonds. The highest BCUT2D eigenvalue weighted by atomic mass is 28.3. The molecule has 0 aliphatic carbocycles. The first-order valence-corrected chi connectivity index (χ1v) is 13.3. The zero-order chi connectivity index (χ0) is 12.5. The van der Waals surface area contributed by atoms with Gasteiger partial charge in [0, 0.05) is 16.1 Å². The molecule has 2 heteroatoms. The summed E-state index contributed by atoms with van der Waals surface area (Å²) in [7, 11) is -1.32. The summed E-state index contributed by atoms with van der Waals surface area (Å²) < 4.78 is 0. The van der Waals surface area contributed by atoms with Gasteiger partial charge in [0.25, 0.3) is 0 Å². The van der Waals surface area contributed by atoms with Crippen LogP contribution in [-0.4, -0.2) is 16.1 Å². The molecule has 0 aliphatic heterocycles. The van der Waals surface area contributed by atoms with Crippen molar-refractivity contribution < 1.29 is 0 Å². The molecule has 126 valence electrons. The fraction of sp³-hybridized carbons (Fsp3) is 1.00. The molecule has 0 nitrogen and oxygen atoms in total. The summed E-state index contributed by atoms with van der Waals surface area (Å²) in [4.78, 5) is 0. The minimum absolute atomic E-state index is 0. The molecule has 0 aliphatic rings. The van der Waals surface area contributed by atoms with Gasteiger partial charge < -0.3 is 0 Å². The molecule has 19 heavy (non-hydrogen) atoms. The zero-order valence-corrected chi connectivity index (χ0v) is 14.5. The number of rotatable bonds is 5. The van der Waals surface area contributed by atoms with Crippen LogP contribution >= 0.6 is 0 Å². The van der Waals surface area contributed by atoms with Gasteiger partial charge >= 0.3 is 0 Å². The minimum atomic E-state index is -0.671. The predicted octanol–water partition coefficient (Wildman–Crippen LogP) is 8.40. The summed E-state index contributed by atoms with van der Waals surface area (Å²) >= 11 is 0. The van der Waals surface area contributed by atoms with E-state index < -0.39 is 16.1 Å². The van der Waals surface area contributed by atoms with Crippen molar-refractivity contribution in [1.29, 1.82) is 0 Å². The molecule has 0 spiro atoms. The first-order chi connectivity index (χ1) is 6.80. The number of hydrogen-bond acceptors (Lipinski definition) is 0. The molecular formula is C17H50Si2. The second-order valence-electron chi connectivity index (χ2n) is 5.74. The van der Waals surface area contributed by atoms with E-state index in [1.807, 2.05) is 0 Å². The van der Waals surface area contributed by atoms with Gasteiger partial charge in [-0.3, -0.25) is 0 Å². The van der Waals surface area contributed by atoms with E-state index in [9.17, 15) is 0 Å². The molecule has 0 saturated heterocycles. The minimum Gasteiger partial charge on any atom is -0.0776 e. The summed E-state index contributed by atoms with van der Waals surface area (Å²) in [6.45, 7) is 19.0. The average Bonchev–Trinajstić information content (AvgIpc) is 2.29. The third-order valence-corrected chi connectivity index (χ3v) is 13.4. The Bertz CT molecular complexity index is 124. The van der Waals surface area contributed by atoms with Crippen LogP contribution in [-0.2, 0) is 0 Å². The fourth-order valence-corrected chi connectivity index (χ4v) is 3.00. The van der Waals surface area contributed by atoms with Crippen LogP contribution in [0.5, 0.6) is 0 Å². The highest BCUT2D eigenvalue weighted by Gasteiger charge is 2.18. The van der Waals surface area contributed by atoms with E-state index >= 15 is 0 Å². The van der Waals surface area contributed by atoms with E-state index in [1.54, 1.807) is 0 Å². The van der Waals surface area contributed by atoms with Gasteiger partial charge in [-0.1, -0.05) is 114 Å². The van der Waals surface area contributed by atoms with Crippen molar-refractivity contribution in [2.45, 2.75) is 114 Å². The summed E-state index contributed by atoms with van der Waals surface area (Å²) in [6.07, 6.45) is 0. The van der Waals surface area contributed by atoms with E-state index in [0.29, 0.717) is 0 Å². The van der Waals surface area contributed by atoms with E-state index in [4.69, 9.17) is 0 Å². The monoisotopic (exact) mass is 310 g/mol. The first kappa shape index (κ1) is 36.6. The van der Waals surface area contributed by atoms with Gasteiger partial charge in [0.15, 0.2) is 0 Å². The Hall–Kier alpha value is 0.434. The summed E-state index contributed by atoms with van der Waals surface area (Å²) in [6, 6.07) is 7.24. The number of hydrogen-bond donors (Lipinski definition) is 0. The molecule has 0 unspecified atom stereocenters. The zero-order valence-electron chi connectivity index (χ0n) is 12.5. The second kappa shape index (κ2) is 18.4. The topological polar surface area (TPSA) is 0 Å². The van der Waals surface area contributed by atoms with Crippen LogP contribution in [0.1, 0.15) is 64.3 Å². The lowest BCUT2D eigenvalue weighted by Gasteiger charge is -2.20. The van der Waals surface area contributed by atoms with Crippen LogP contribution in [0.3, 0.4) is 0 Å². The van der Waals surface area contributed by atoms with Crippen LogP contribution in [0, 0.1) is 0 Å². The van der Waals surface area contributed by atoms with Gasteiger partial charge in [0.1, 0.15) is 0 Å². The van der Waals surface area contributed by atoms with Crippen molar-refractivity contribution in [3.05, 3.63) is 0 Å². The summed E-state index contributed by atoms with van der Waals surface area (Å²) in [5.41, 5.74) is 0. The smallest absolute Gasteiger partial charge is 0.0496 e. The van der Waals surface area contributed by atoms with Crippen molar-refractivity contribution >= 4 is 16.1 Å². The van der Waals surface area contributed by atoms with Gasteiger partial charge in [-0.25, -0.2) is 0 Å². The van der Waals surface area contributed by atoms with E-state index in [0.717, 1.165) is 0 Å². The van der Waals surface area contributed by atoms with Gasteiger partial charge in [-0.05, 0) is 0 Å². The first-order valence-electron chi connectivity index (χ1n) is 6.80. The molecular weight excluding hydrogens is 260 g/mol. The molecule has 0 radical (unpaired) electrons. The maximum Gasteiger partial charge on any atom is 0.0496 e. The van der Waals surface area contributed by atoms with Gasteiger partial charge in [0.05, 0.1) is 0 Å². The third kappa shape index (κ3) is 20.9. The van der Waals surface area contributed by atoms with Crippen LogP contribution in [0.4, 0.5) is 0 Å². The quantitative estimate of drug-likeness (QED) is 0.447. The van der Waals surface area contributed by atoms with Crippen molar-refractivity contribution in [2.24, 2.45) is 0 Å². The molecule has 0 aromatic carbocycles. The predicted molar refractivity (Wildman–Crippen MR) is 108 cm³/mol. The van der Waals surface area contributed by atoms with Gasteiger partial charge in [-0.15, -0.1) is 0 Å². The Morgan fingerprint density at radius 2 is 0.684 bits per heavy atom. The SMILES string of the molecule is C.C.C.C.CC[Si](C)(C)CC.CC[Si](C)(CC)CC. The molecule has 0 fully saturated rings. The Balaban J connectivity index is -0.0000000369. The maximum atomic E-state index is 2.49. The molecule has 0 atom stereocenters. The van der Waals surface area contributed by atoms with Crippen LogP contribution in [0.25, 0.3) is 0 Å². The van der Waals surface area contributed by atoms with Crippen LogP contribution in [0.15, 0.2) is 0 Å². The lowest BCUT2D eigenvalue weighted by Crippen LogP contribution is -2.25. The standard InChI is InChI=1S/C7H18Si.C6H16Si.4CH4/c1-5-8(4,6-2)7-3;1-5-7(3,4)6-2;;;;/h5-7H2,1-4H3;5-6H2,1-4H3;4*1H4. The third-order valence-electron chi connectivity index (χ3n) is 4.47. The fourth-order valence-electron chi connectivity index (χ4n) is 1.000. The van der Waals surface area contributed by atoms with Crippen molar-refractivity contribution in [3.63, 3.8) is 0 Å². The summed E-state index contributed by atoms with van der Waals surface area (Å²) in [5, 5.41) is 0. The Labute approximate surface area is 130 Å². The Morgan fingerprint density at radius 3 is 0.684 bits per heavy atom. The lowest BCUT2D eigenvalue weighted by atomic mass is 10.9. The van der Waals surface area contributed by atoms with Crippen LogP contribution < -0.4 is 0 Å². The normalized spacial score (nSPS) is 9.47. The summed E-state index contributed by atoms with van der Waals surface area (Å²) in [5.74, 6) is 0. The largest absolute Gasteiger partial charge is 0.0776 e. The second-order valence-corrected chi connectivity index (χ2v) is 17.2. The molecule has 0 saturated carbocycles. The van der Waals surface area contributed by atoms with Crippen molar-refractivity contribution in [3.8, 4) is 0 Å². The van der Waals surface area contributed by atoms with Crippen LogP contribution in [0.2, 0.25) is 49.9 Å². The van der Waals surface area contributed by atoms with Gasteiger partial charge in [0.2, 0.25) is 0 Å². The van der Waals surface area contributed by atoms with Crippen molar-refractivity contribution in [2.75, 3.05) is 0 Å². The molecule has 0 bridgehead atoms. The van der Waals surface area contributed by atoms with E-state index in [2.05, 4.69) is 54.3 Å². The molecule has 0 N–H and O–H groups in total. The highest BCUT2D eigenvalue weighted by Crippen LogP contribution is 2.18. The molecule has 0 rings (SSSR count). The van der Waals surface area contributed by atoms with E-state index in [1.165, 1.54) is 30.2 Å². The average molecular weight is 311 g/mol. The van der Waals surface area contributed by atoms with Gasteiger partial charge in [-0.2, -0.15) is 0 Å². The Kier molecular flexibility index (Phi) is 35.5. The maximum absolute atomic E-state index is 2.49. The molecule has 0 aromatic rings. The highest BCUT2D eigenvalue weighted by molar-refractivity contribution is 6.78. The molecule has 0 aromatic heterocycles.